The highest BCUT2D eigenvalue weighted by atomic mass is 16.2. The first-order valence-corrected chi connectivity index (χ1v) is 7.44. The molecule has 19 heavy (non-hydrogen) atoms. The van der Waals surface area contributed by atoms with Gasteiger partial charge in [0.2, 0.25) is 0 Å². The van der Waals surface area contributed by atoms with Crippen LogP contribution in [0, 0.1) is 0 Å². The molecule has 1 saturated carbocycles. The molecule has 1 aromatic carbocycles. The van der Waals surface area contributed by atoms with Crippen molar-refractivity contribution in [3.63, 3.8) is 0 Å². The second-order valence-corrected chi connectivity index (χ2v) is 5.38. The summed E-state index contributed by atoms with van der Waals surface area (Å²) < 4.78 is 0. The lowest BCUT2D eigenvalue weighted by atomic mass is 9.96. The maximum atomic E-state index is 11.9. The van der Waals surface area contributed by atoms with Gasteiger partial charge in [0.15, 0.2) is 0 Å². The maximum Gasteiger partial charge on any atom is 0.319 e. The minimum absolute atomic E-state index is 0.0739. The fourth-order valence-electron chi connectivity index (χ4n) is 2.64. The van der Waals surface area contributed by atoms with Crippen LogP contribution in [-0.2, 0) is 6.42 Å². The zero-order valence-electron chi connectivity index (χ0n) is 11.7. The third-order valence-corrected chi connectivity index (χ3v) is 3.69. The van der Waals surface area contributed by atoms with Crippen LogP contribution in [0.5, 0.6) is 0 Å². The average molecular weight is 260 g/mol. The lowest BCUT2D eigenvalue weighted by Crippen LogP contribution is -2.38. The molecule has 0 atom stereocenters. The predicted octanol–water partition coefficient (Wildman–Crippen LogP) is 4.09. The van der Waals surface area contributed by atoms with E-state index in [0.717, 1.165) is 31.4 Å². The number of rotatable bonds is 4. The molecule has 0 spiro atoms. The summed E-state index contributed by atoms with van der Waals surface area (Å²) in [5, 5.41) is 5.97. The van der Waals surface area contributed by atoms with E-state index in [4.69, 9.17) is 0 Å². The van der Waals surface area contributed by atoms with Crippen molar-refractivity contribution in [3.8, 4) is 0 Å². The van der Waals surface area contributed by atoms with Crippen molar-refractivity contribution in [2.24, 2.45) is 0 Å². The lowest BCUT2D eigenvalue weighted by molar-refractivity contribution is 0.244. The summed E-state index contributed by atoms with van der Waals surface area (Å²) in [5.74, 6) is 0. The Labute approximate surface area is 115 Å². The molecule has 0 radical (unpaired) electrons. The number of hydrogen-bond acceptors (Lipinski definition) is 1. The van der Waals surface area contributed by atoms with Crippen molar-refractivity contribution in [2.75, 3.05) is 5.32 Å². The molecular formula is C16H24N2O. The van der Waals surface area contributed by atoms with Crippen molar-refractivity contribution in [2.45, 2.75) is 57.9 Å². The van der Waals surface area contributed by atoms with Gasteiger partial charge in [0, 0.05) is 11.7 Å². The molecule has 2 rings (SSSR count). The van der Waals surface area contributed by atoms with Crippen molar-refractivity contribution >= 4 is 11.7 Å². The fourth-order valence-corrected chi connectivity index (χ4v) is 2.64. The maximum absolute atomic E-state index is 11.9. The van der Waals surface area contributed by atoms with Gasteiger partial charge in [-0.25, -0.2) is 4.79 Å². The van der Waals surface area contributed by atoms with Gasteiger partial charge in [-0.3, -0.25) is 0 Å². The van der Waals surface area contributed by atoms with E-state index in [1.54, 1.807) is 0 Å². The van der Waals surface area contributed by atoms with Gasteiger partial charge < -0.3 is 10.6 Å². The van der Waals surface area contributed by atoms with Crippen LogP contribution in [-0.4, -0.2) is 12.1 Å². The minimum atomic E-state index is -0.0739. The van der Waals surface area contributed by atoms with Gasteiger partial charge >= 0.3 is 6.03 Å². The number of urea groups is 1. The standard InChI is InChI=1S/C16H24N2O/c1-2-6-13-9-11-15(12-10-13)18-16(19)17-14-7-4-3-5-8-14/h9-12,14H,2-8H2,1H3,(H2,17,18,19). The first-order chi connectivity index (χ1) is 9.28. The average Bonchev–Trinajstić information content (AvgIpc) is 2.42. The first kappa shape index (κ1) is 13.9. The third-order valence-electron chi connectivity index (χ3n) is 3.69. The monoisotopic (exact) mass is 260 g/mol. The van der Waals surface area contributed by atoms with E-state index in [1.807, 2.05) is 12.1 Å². The molecule has 0 aromatic heterocycles. The third kappa shape index (κ3) is 4.58. The highest BCUT2D eigenvalue weighted by molar-refractivity contribution is 5.89. The Kier molecular flexibility index (Phi) is 5.25. The largest absolute Gasteiger partial charge is 0.335 e. The van der Waals surface area contributed by atoms with Crippen molar-refractivity contribution in [3.05, 3.63) is 29.8 Å². The second-order valence-electron chi connectivity index (χ2n) is 5.38. The SMILES string of the molecule is CCCc1ccc(NC(=O)NC2CCCCC2)cc1. The molecule has 0 bridgehead atoms. The Bertz CT molecular complexity index is 394. The number of carbonyl (C=O) groups excluding carboxylic acids is 1. The van der Waals surface area contributed by atoms with Gasteiger partial charge in [-0.1, -0.05) is 44.7 Å². The van der Waals surface area contributed by atoms with Gasteiger partial charge in [-0.05, 0) is 37.0 Å². The van der Waals surface area contributed by atoms with E-state index in [0.29, 0.717) is 6.04 Å². The molecule has 0 unspecified atom stereocenters. The summed E-state index contributed by atoms with van der Waals surface area (Å²) in [7, 11) is 0. The van der Waals surface area contributed by atoms with Crippen LogP contribution in [0.15, 0.2) is 24.3 Å². The fraction of sp³-hybridized carbons (Fsp3) is 0.562. The molecule has 0 heterocycles. The smallest absolute Gasteiger partial charge is 0.319 e. The molecular weight excluding hydrogens is 236 g/mol. The van der Waals surface area contributed by atoms with E-state index in [-0.39, 0.29) is 6.03 Å². The summed E-state index contributed by atoms with van der Waals surface area (Å²) in [4.78, 5) is 11.9. The number of carbonyl (C=O) groups is 1. The van der Waals surface area contributed by atoms with Crippen molar-refractivity contribution < 1.29 is 4.79 Å². The molecule has 3 nitrogen and oxygen atoms in total. The van der Waals surface area contributed by atoms with Gasteiger partial charge in [-0.2, -0.15) is 0 Å². The Morgan fingerprint density at radius 2 is 1.84 bits per heavy atom. The molecule has 1 fully saturated rings. The van der Waals surface area contributed by atoms with Crippen molar-refractivity contribution in [1.29, 1.82) is 0 Å². The quantitative estimate of drug-likeness (QED) is 0.841. The molecule has 2 N–H and O–H groups in total. The molecule has 104 valence electrons. The first-order valence-electron chi connectivity index (χ1n) is 7.44. The summed E-state index contributed by atoms with van der Waals surface area (Å²) in [5.41, 5.74) is 2.19. The molecule has 2 amide bonds. The number of hydrogen-bond donors (Lipinski definition) is 2. The molecule has 0 saturated heterocycles. The molecule has 3 heteroatoms. The Balaban J connectivity index is 1.80. The number of anilines is 1. The van der Waals surface area contributed by atoms with Crippen LogP contribution >= 0.6 is 0 Å². The highest BCUT2D eigenvalue weighted by Gasteiger charge is 2.15. The van der Waals surface area contributed by atoms with Gasteiger partial charge in [-0.15, -0.1) is 0 Å². The van der Waals surface area contributed by atoms with Crippen LogP contribution in [0.1, 0.15) is 51.0 Å². The molecule has 0 aliphatic heterocycles. The number of benzene rings is 1. The van der Waals surface area contributed by atoms with Crippen LogP contribution < -0.4 is 10.6 Å². The summed E-state index contributed by atoms with van der Waals surface area (Å²) in [6, 6.07) is 8.40. The van der Waals surface area contributed by atoms with E-state index < -0.39 is 0 Å². The Hall–Kier alpha value is -1.51. The minimum Gasteiger partial charge on any atom is -0.335 e. The van der Waals surface area contributed by atoms with Gasteiger partial charge in [0.05, 0.1) is 0 Å². The van der Waals surface area contributed by atoms with Crippen LogP contribution in [0.2, 0.25) is 0 Å². The number of amides is 2. The Morgan fingerprint density at radius 1 is 1.16 bits per heavy atom. The number of nitrogens with one attached hydrogen (secondary N) is 2. The Morgan fingerprint density at radius 3 is 2.47 bits per heavy atom. The van der Waals surface area contributed by atoms with Crippen LogP contribution in [0.3, 0.4) is 0 Å². The van der Waals surface area contributed by atoms with Gasteiger partial charge in [0.1, 0.15) is 0 Å². The van der Waals surface area contributed by atoms with Crippen molar-refractivity contribution in [1.82, 2.24) is 5.32 Å². The second kappa shape index (κ2) is 7.17. The highest BCUT2D eigenvalue weighted by Crippen LogP contribution is 2.17. The number of aryl methyl sites for hydroxylation is 1. The van der Waals surface area contributed by atoms with E-state index >= 15 is 0 Å². The molecule has 1 aromatic rings. The summed E-state index contributed by atoms with van der Waals surface area (Å²) in [6.45, 7) is 2.17. The lowest BCUT2D eigenvalue weighted by Gasteiger charge is -2.22. The predicted molar refractivity (Wildman–Crippen MR) is 79.5 cm³/mol. The van der Waals surface area contributed by atoms with E-state index in [9.17, 15) is 4.79 Å². The summed E-state index contributed by atoms with van der Waals surface area (Å²) in [6.07, 6.45) is 8.24. The topological polar surface area (TPSA) is 41.1 Å². The van der Waals surface area contributed by atoms with E-state index in [1.165, 1.54) is 24.8 Å². The molecule has 1 aliphatic carbocycles. The van der Waals surface area contributed by atoms with Crippen LogP contribution in [0.4, 0.5) is 10.5 Å². The van der Waals surface area contributed by atoms with Crippen LogP contribution in [0.25, 0.3) is 0 Å². The zero-order valence-corrected chi connectivity index (χ0v) is 11.7. The zero-order chi connectivity index (χ0) is 13.5. The molecule has 1 aliphatic rings. The summed E-state index contributed by atoms with van der Waals surface area (Å²) >= 11 is 0. The van der Waals surface area contributed by atoms with Gasteiger partial charge in [0.25, 0.3) is 0 Å². The normalized spacial score (nSPS) is 16.1. The van der Waals surface area contributed by atoms with E-state index in [2.05, 4.69) is 29.7 Å².